The van der Waals surface area contributed by atoms with E-state index in [1.165, 1.54) is 5.56 Å². The lowest BCUT2D eigenvalue weighted by Gasteiger charge is -2.20. The van der Waals surface area contributed by atoms with Crippen LogP contribution < -0.4 is 4.74 Å². The highest BCUT2D eigenvalue weighted by atomic mass is 35.5. The van der Waals surface area contributed by atoms with Crippen LogP contribution in [0.3, 0.4) is 0 Å². The predicted molar refractivity (Wildman–Crippen MR) is 71.2 cm³/mol. The summed E-state index contributed by atoms with van der Waals surface area (Å²) in [5.74, 6) is 1.01. The molecule has 4 heteroatoms. The standard InChI is InChI=1S/C14H18ClNO2/c1-14(17)3-4-16(9-14)8-11-7-12(15)6-10-2-5-18-13(10)11/h6-7,17H,2-5,8-9H2,1H3. The normalized spacial score (nSPS) is 27.3. The fraction of sp³-hybridized carbons (Fsp3) is 0.571. The zero-order valence-electron chi connectivity index (χ0n) is 10.6. The van der Waals surface area contributed by atoms with E-state index < -0.39 is 5.60 Å². The third kappa shape index (κ3) is 2.35. The van der Waals surface area contributed by atoms with Gasteiger partial charge in [-0.15, -0.1) is 0 Å². The summed E-state index contributed by atoms with van der Waals surface area (Å²) in [6.07, 6.45) is 1.78. The van der Waals surface area contributed by atoms with Gasteiger partial charge in [-0.2, -0.15) is 0 Å². The van der Waals surface area contributed by atoms with E-state index in [1.807, 2.05) is 19.1 Å². The van der Waals surface area contributed by atoms with E-state index in [-0.39, 0.29) is 0 Å². The van der Waals surface area contributed by atoms with E-state index in [0.29, 0.717) is 6.54 Å². The number of nitrogens with zero attached hydrogens (tertiary/aromatic N) is 1. The second-order valence-electron chi connectivity index (χ2n) is 5.61. The first-order chi connectivity index (χ1) is 8.53. The van der Waals surface area contributed by atoms with E-state index in [4.69, 9.17) is 16.3 Å². The Morgan fingerprint density at radius 2 is 2.33 bits per heavy atom. The average Bonchev–Trinajstić information content (AvgIpc) is 2.84. The van der Waals surface area contributed by atoms with Gasteiger partial charge in [0.2, 0.25) is 0 Å². The summed E-state index contributed by atoms with van der Waals surface area (Å²) in [5, 5.41) is 10.8. The van der Waals surface area contributed by atoms with Crippen LogP contribution in [0.2, 0.25) is 5.02 Å². The number of rotatable bonds is 2. The Bertz CT molecular complexity index is 473. The highest BCUT2D eigenvalue weighted by Gasteiger charge is 2.32. The number of hydrogen-bond acceptors (Lipinski definition) is 3. The van der Waals surface area contributed by atoms with Gasteiger partial charge in [0.05, 0.1) is 12.2 Å². The number of ether oxygens (including phenoxy) is 1. The van der Waals surface area contributed by atoms with Gasteiger partial charge in [0.25, 0.3) is 0 Å². The molecule has 0 bridgehead atoms. The van der Waals surface area contributed by atoms with Crippen molar-refractivity contribution in [3.63, 3.8) is 0 Å². The van der Waals surface area contributed by atoms with Crippen LogP contribution in [0.25, 0.3) is 0 Å². The molecule has 0 amide bonds. The Hall–Kier alpha value is -0.770. The fourth-order valence-corrected chi connectivity index (χ4v) is 3.14. The molecule has 0 saturated carbocycles. The van der Waals surface area contributed by atoms with Crippen LogP contribution in [0, 0.1) is 0 Å². The minimum Gasteiger partial charge on any atom is -0.493 e. The van der Waals surface area contributed by atoms with Crippen LogP contribution in [0.15, 0.2) is 12.1 Å². The van der Waals surface area contributed by atoms with Gasteiger partial charge in [0.1, 0.15) is 5.75 Å². The van der Waals surface area contributed by atoms with Crippen molar-refractivity contribution in [1.29, 1.82) is 0 Å². The van der Waals surface area contributed by atoms with E-state index in [0.717, 1.165) is 48.9 Å². The van der Waals surface area contributed by atoms with Gasteiger partial charge in [-0.05, 0) is 31.0 Å². The van der Waals surface area contributed by atoms with E-state index in [9.17, 15) is 5.11 Å². The number of fused-ring (bicyclic) bond motifs is 1. The van der Waals surface area contributed by atoms with Crippen molar-refractivity contribution in [2.24, 2.45) is 0 Å². The number of aliphatic hydroxyl groups is 1. The van der Waals surface area contributed by atoms with Crippen molar-refractivity contribution >= 4 is 11.6 Å². The van der Waals surface area contributed by atoms with Gasteiger partial charge in [-0.25, -0.2) is 0 Å². The molecule has 3 nitrogen and oxygen atoms in total. The number of hydrogen-bond donors (Lipinski definition) is 1. The van der Waals surface area contributed by atoms with Crippen molar-refractivity contribution in [3.05, 3.63) is 28.3 Å². The maximum absolute atomic E-state index is 9.99. The van der Waals surface area contributed by atoms with Crippen LogP contribution in [-0.4, -0.2) is 35.3 Å². The van der Waals surface area contributed by atoms with Crippen molar-refractivity contribution < 1.29 is 9.84 Å². The molecule has 1 N–H and O–H groups in total. The third-order valence-electron chi connectivity index (χ3n) is 3.75. The molecular weight excluding hydrogens is 250 g/mol. The molecule has 3 rings (SSSR count). The lowest BCUT2D eigenvalue weighted by atomic mass is 10.1. The second kappa shape index (κ2) is 4.41. The molecule has 0 aromatic heterocycles. The molecule has 1 atom stereocenters. The number of benzene rings is 1. The minimum absolute atomic E-state index is 0.553. The molecule has 1 fully saturated rings. The second-order valence-corrected chi connectivity index (χ2v) is 6.05. The maximum atomic E-state index is 9.99. The first kappa shape index (κ1) is 12.3. The smallest absolute Gasteiger partial charge is 0.127 e. The van der Waals surface area contributed by atoms with E-state index >= 15 is 0 Å². The highest BCUT2D eigenvalue weighted by Crippen LogP contribution is 2.34. The quantitative estimate of drug-likeness (QED) is 0.892. The first-order valence-electron chi connectivity index (χ1n) is 6.42. The molecular formula is C14H18ClNO2. The first-order valence-corrected chi connectivity index (χ1v) is 6.80. The topological polar surface area (TPSA) is 32.7 Å². The zero-order valence-corrected chi connectivity index (χ0v) is 11.3. The van der Waals surface area contributed by atoms with E-state index in [2.05, 4.69) is 4.90 Å². The molecule has 1 saturated heterocycles. The zero-order chi connectivity index (χ0) is 12.8. The molecule has 1 aromatic rings. The van der Waals surface area contributed by atoms with Crippen LogP contribution in [0.1, 0.15) is 24.5 Å². The Morgan fingerprint density at radius 3 is 3.06 bits per heavy atom. The van der Waals surface area contributed by atoms with Crippen LogP contribution in [0.4, 0.5) is 0 Å². The van der Waals surface area contributed by atoms with Gasteiger partial charge in [0.15, 0.2) is 0 Å². The summed E-state index contributed by atoms with van der Waals surface area (Å²) in [6.45, 7) is 5.09. The van der Waals surface area contributed by atoms with Crippen LogP contribution >= 0.6 is 11.6 Å². The van der Waals surface area contributed by atoms with Crippen molar-refractivity contribution in [2.45, 2.75) is 31.9 Å². The van der Waals surface area contributed by atoms with Gasteiger partial charge in [-0.1, -0.05) is 11.6 Å². The van der Waals surface area contributed by atoms with Crippen molar-refractivity contribution in [3.8, 4) is 5.75 Å². The van der Waals surface area contributed by atoms with Gasteiger partial charge in [-0.3, -0.25) is 4.90 Å². The molecule has 2 aliphatic heterocycles. The summed E-state index contributed by atoms with van der Waals surface area (Å²) in [6, 6.07) is 3.98. The van der Waals surface area contributed by atoms with Gasteiger partial charge in [0, 0.05) is 36.6 Å². The molecule has 0 radical (unpaired) electrons. The number of β-amino-alcohol motifs (C(OH)–C–C–N with tert-alkyl or cyclic N) is 1. The average molecular weight is 268 g/mol. The fourth-order valence-electron chi connectivity index (χ4n) is 2.88. The molecule has 18 heavy (non-hydrogen) atoms. The van der Waals surface area contributed by atoms with Crippen molar-refractivity contribution in [2.75, 3.05) is 19.7 Å². The summed E-state index contributed by atoms with van der Waals surface area (Å²) >= 11 is 6.15. The predicted octanol–water partition coefficient (Wildman–Crippen LogP) is 2.23. The summed E-state index contributed by atoms with van der Waals surface area (Å²) in [4.78, 5) is 2.26. The van der Waals surface area contributed by atoms with E-state index in [1.54, 1.807) is 0 Å². The summed E-state index contributed by atoms with van der Waals surface area (Å²) < 4.78 is 5.70. The van der Waals surface area contributed by atoms with Gasteiger partial charge < -0.3 is 9.84 Å². The summed E-state index contributed by atoms with van der Waals surface area (Å²) in [7, 11) is 0. The molecule has 2 aliphatic rings. The SMILES string of the molecule is CC1(O)CCN(Cc2cc(Cl)cc3c2OCC3)C1. The molecule has 0 spiro atoms. The van der Waals surface area contributed by atoms with Crippen LogP contribution in [0.5, 0.6) is 5.75 Å². The maximum Gasteiger partial charge on any atom is 0.127 e. The molecule has 2 heterocycles. The largest absolute Gasteiger partial charge is 0.493 e. The third-order valence-corrected chi connectivity index (χ3v) is 3.97. The lowest BCUT2D eigenvalue weighted by molar-refractivity contribution is 0.0678. The molecule has 1 aromatic carbocycles. The van der Waals surface area contributed by atoms with Gasteiger partial charge >= 0.3 is 0 Å². The minimum atomic E-state index is -0.553. The Kier molecular flexibility index (Phi) is 3.00. The monoisotopic (exact) mass is 267 g/mol. The Labute approximate surface area is 112 Å². The summed E-state index contributed by atoms with van der Waals surface area (Å²) in [5.41, 5.74) is 1.80. The lowest BCUT2D eigenvalue weighted by Crippen LogP contribution is -2.29. The molecule has 0 aliphatic carbocycles. The number of likely N-dealkylation sites (tertiary alicyclic amines) is 1. The number of halogens is 1. The molecule has 98 valence electrons. The van der Waals surface area contributed by atoms with Crippen LogP contribution in [-0.2, 0) is 13.0 Å². The van der Waals surface area contributed by atoms with Crippen molar-refractivity contribution in [1.82, 2.24) is 4.90 Å². The highest BCUT2D eigenvalue weighted by molar-refractivity contribution is 6.30. The Morgan fingerprint density at radius 1 is 1.50 bits per heavy atom. The Balaban J connectivity index is 1.81. The molecule has 1 unspecified atom stereocenters.